The van der Waals surface area contributed by atoms with Crippen LogP contribution in [0.5, 0.6) is 0 Å². The van der Waals surface area contributed by atoms with E-state index in [1.165, 1.54) is 6.08 Å². The molecule has 0 spiro atoms. The van der Waals surface area contributed by atoms with Gasteiger partial charge in [-0.25, -0.2) is 4.79 Å². The van der Waals surface area contributed by atoms with Crippen molar-refractivity contribution in [2.45, 2.75) is 19.9 Å². The van der Waals surface area contributed by atoms with Gasteiger partial charge in [0.1, 0.15) is 5.15 Å². The van der Waals surface area contributed by atoms with E-state index in [0.717, 1.165) is 11.3 Å². The molecule has 1 atom stereocenters. The first-order valence-corrected chi connectivity index (χ1v) is 4.21. The molecule has 0 N–H and O–H groups in total. The summed E-state index contributed by atoms with van der Waals surface area (Å²) in [5.74, 6) is 0. The lowest BCUT2D eigenvalue weighted by atomic mass is 10.1. The number of carbonyl (C=O) groups excluding carboxylic acids is 1. The van der Waals surface area contributed by atoms with Gasteiger partial charge in [-0.15, -0.1) is 0 Å². The first kappa shape index (κ1) is 9.96. The van der Waals surface area contributed by atoms with Gasteiger partial charge in [-0.05, 0) is 13.8 Å². The van der Waals surface area contributed by atoms with E-state index >= 15 is 0 Å². The third kappa shape index (κ3) is 1.79. The van der Waals surface area contributed by atoms with Crippen LogP contribution < -0.4 is 0 Å². The Morgan fingerprint density at radius 2 is 2.31 bits per heavy atom. The average molecular weight is 200 g/mol. The van der Waals surface area contributed by atoms with Gasteiger partial charge in [0.05, 0.1) is 11.7 Å². The van der Waals surface area contributed by atoms with E-state index in [9.17, 15) is 4.79 Å². The van der Waals surface area contributed by atoms with Crippen LogP contribution in [-0.2, 0) is 11.8 Å². The summed E-state index contributed by atoms with van der Waals surface area (Å²) in [4.78, 5) is 13.6. The fourth-order valence-electron chi connectivity index (χ4n) is 1.26. The molecule has 0 fully saturated rings. The Kier molecular flexibility index (Phi) is 2.86. The normalized spacial score (nSPS) is 12.3. The zero-order valence-corrected chi connectivity index (χ0v) is 8.46. The molecule has 0 amide bonds. The molecule has 1 aromatic heterocycles. The van der Waals surface area contributed by atoms with Gasteiger partial charge in [0.15, 0.2) is 0 Å². The smallest absolute Gasteiger partial charge is 0.235 e. The Bertz CT molecular complexity index is 366. The van der Waals surface area contributed by atoms with Crippen molar-refractivity contribution in [3.05, 3.63) is 16.4 Å². The van der Waals surface area contributed by atoms with Gasteiger partial charge in [-0.1, -0.05) is 11.6 Å². The summed E-state index contributed by atoms with van der Waals surface area (Å²) in [6.45, 7) is 3.61. The van der Waals surface area contributed by atoms with Crippen LogP contribution in [0.2, 0.25) is 5.15 Å². The molecular weight excluding hydrogens is 190 g/mol. The number of hydrogen-bond donors (Lipinski definition) is 0. The Morgan fingerprint density at radius 1 is 1.69 bits per heavy atom. The Labute approximate surface area is 81.2 Å². The molecule has 1 heterocycles. The number of aromatic nitrogens is 2. The molecule has 0 saturated carbocycles. The third-order valence-electron chi connectivity index (χ3n) is 1.86. The second kappa shape index (κ2) is 3.73. The SMILES string of the molecule is Cc1nn(C)c(Cl)c1C(C)N=C=O. The molecule has 0 aromatic carbocycles. The minimum absolute atomic E-state index is 0.279. The average Bonchev–Trinajstić information content (AvgIpc) is 2.27. The van der Waals surface area contributed by atoms with Crippen molar-refractivity contribution in [1.29, 1.82) is 0 Å². The second-order valence-electron chi connectivity index (χ2n) is 2.81. The molecule has 1 unspecified atom stereocenters. The predicted molar refractivity (Wildman–Crippen MR) is 49.5 cm³/mol. The third-order valence-corrected chi connectivity index (χ3v) is 2.31. The molecule has 5 heteroatoms. The summed E-state index contributed by atoms with van der Waals surface area (Å²) < 4.78 is 1.56. The maximum Gasteiger partial charge on any atom is 0.235 e. The predicted octanol–water partition coefficient (Wildman–Crippen LogP) is 1.78. The molecule has 0 bridgehead atoms. The number of isocyanates is 1. The molecule has 4 nitrogen and oxygen atoms in total. The fraction of sp³-hybridized carbons (Fsp3) is 0.500. The highest BCUT2D eigenvalue weighted by Crippen LogP contribution is 2.27. The van der Waals surface area contributed by atoms with Crippen LogP contribution in [0, 0.1) is 6.92 Å². The Hall–Kier alpha value is -1.12. The van der Waals surface area contributed by atoms with Crippen LogP contribution in [0.3, 0.4) is 0 Å². The summed E-state index contributed by atoms with van der Waals surface area (Å²) in [5, 5.41) is 4.63. The number of nitrogens with zero attached hydrogens (tertiary/aromatic N) is 3. The number of aryl methyl sites for hydroxylation is 2. The molecule has 0 aliphatic carbocycles. The Morgan fingerprint density at radius 3 is 2.69 bits per heavy atom. The number of rotatable bonds is 2. The highest BCUT2D eigenvalue weighted by Gasteiger charge is 2.16. The van der Waals surface area contributed by atoms with Gasteiger partial charge >= 0.3 is 0 Å². The lowest BCUT2D eigenvalue weighted by Gasteiger charge is -2.02. The molecular formula is C8H10ClN3O. The van der Waals surface area contributed by atoms with Gasteiger partial charge in [-0.3, -0.25) is 4.68 Å². The van der Waals surface area contributed by atoms with E-state index in [1.807, 2.05) is 6.92 Å². The molecule has 1 rings (SSSR count). The zero-order chi connectivity index (χ0) is 10.0. The van der Waals surface area contributed by atoms with Crippen molar-refractivity contribution in [3.8, 4) is 0 Å². The molecule has 13 heavy (non-hydrogen) atoms. The maximum atomic E-state index is 10.1. The highest BCUT2D eigenvalue weighted by atomic mass is 35.5. The maximum absolute atomic E-state index is 10.1. The van der Waals surface area contributed by atoms with Crippen molar-refractivity contribution in [3.63, 3.8) is 0 Å². The van der Waals surface area contributed by atoms with Crippen molar-refractivity contribution >= 4 is 17.7 Å². The minimum atomic E-state index is -0.279. The molecule has 0 aliphatic heterocycles. The van der Waals surface area contributed by atoms with Crippen molar-refractivity contribution in [2.75, 3.05) is 0 Å². The summed E-state index contributed by atoms with van der Waals surface area (Å²) in [6, 6.07) is -0.279. The van der Waals surface area contributed by atoms with E-state index in [0.29, 0.717) is 5.15 Å². The lowest BCUT2D eigenvalue weighted by Crippen LogP contribution is -1.92. The van der Waals surface area contributed by atoms with Crippen LogP contribution in [0.4, 0.5) is 0 Å². The van der Waals surface area contributed by atoms with E-state index < -0.39 is 0 Å². The fourth-order valence-corrected chi connectivity index (χ4v) is 1.60. The van der Waals surface area contributed by atoms with Crippen LogP contribution in [0.25, 0.3) is 0 Å². The van der Waals surface area contributed by atoms with Gasteiger partial charge in [0, 0.05) is 12.6 Å². The molecule has 0 saturated heterocycles. The molecule has 70 valence electrons. The monoisotopic (exact) mass is 199 g/mol. The molecule has 0 aliphatic rings. The van der Waals surface area contributed by atoms with Gasteiger partial charge < -0.3 is 0 Å². The second-order valence-corrected chi connectivity index (χ2v) is 3.17. The lowest BCUT2D eigenvalue weighted by molar-refractivity contribution is 0.559. The van der Waals surface area contributed by atoms with Gasteiger partial charge in [0.25, 0.3) is 0 Å². The zero-order valence-electron chi connectivity index (χ0n) is 7.71. The van der Waals surface area contributed by atoms with E-state index in [4.69, 9.17) is 11.6 Å². The number of hydrogen-bond acceptors (Lipinski definition) is 3. The van der Waals surface area contributed by atoms with Crippen molar-refractivity contribution in [1.82, 2.24) is 9.78 Å². The van der Waals surface area contributed by atoms with E-state index in [1.54, 1.807) is 18.7 Å². The Balaban J connectivity index is 3.19. The first-order valence-electron chi connectivity index (χ1n) is 3.84. The first-order chi connectivity index (χ1) is 6.07. The standard InChI is InChI=1S/C8H10ClN3O/c1-5(10-4-13)7-6(2)11-12(3)8(7)9/h5H,1-3H3. The summed E-state index contributed by atoms with van der Waals surface area (Å²) in [5.41, 5.74) is 1.58. The van der Waals surface area contributed by atoms with Crippen molar-refractivity contribution in [2.24, 2.45) is 12.0 Å². The van der Waals surface area contributed by atoms with Crippen molar-refractivity contribution < 1.29 is 4.79 Å². The highest BCUT2D eigenvalue weighted by molar-refractivity contribution is 6.30. The van der Waals surface area contributed by atoms with Crippen LogP contribution in [0.1, 0.15) is 24.2 Å². The van der Waals surface area contributed by atoms with Crippen LogP contribution >= 0.6 is 11.6 Å². The van der Waals surface area contributed by atoms with Crippen LogP contribution in [0.15, 0.2) is 4.99 Å². The van der Waals surface area contributed by atoms with E-state index in [2.05, 4.69) is 10.1 Å². The summed E-state index contributed by atoms with van der Waals surface area (Å²) in [7, 11) is 1.75. The summed E-state index contributed by atoms with van der Waals surface area (Å²) in [6.07, 6.45) is 1.51. The quantitative estimate of drug-likeness (QED) is 0.539. The summed E-state index contributed by atoms with van der Waals surface area (Å²) >= 11 is 5.96. The minimum Gasteiger partial charge on any atom is -0.256 e. The largest absolute Gasteiger partial charge is 0.256 e. The van der Waals surface area contributed by atoms with Gasteiger partial charge in [0.2, 0.25) is 6.08 Å². The van der Waals surface area contributed by atoms with E-state index in [-0.39, 0.29) is 6.04 Å². The van der Waals surface area contributed by atoms with Gasteiger partial charge in [-0.2, -0.15) is 10.1 Å². The van der Waals surface area contributed by atoms with Crippen LogP contribution in [-0.4, -0.2) is 15.9 Å². The molecule has 1 aromatic rings. The number of aliphatic imine (C=N–C) groups is 1. The number of halogens is 1. The molecule has 0 radical (unpaired) electrons. The topological polar surface area (TPSA) is 47.2 Å².